The first-order valence-corrected chi connectivity index (χ1v) is 6.30. The molecule has 0 bridgehead atoms. The average molecular weight is 319 g/mol. The number of hydrogen-bond acceptors (Lipinski definition) is 5. The molecular weight excluding hydrogens is 308 g/mol. The van der Waals surface area contributed by atoms with Crippen LogP contribution in [0.2, 0.25) is 5.02 Å². The van der Waals surface area contributed by atoms with Crippen LogP contribution in [-0.2, 0) is 0 Å². The van der Waals surface area contributed by atoms with Crippen LogP contribution < -0.4 is 11.1 Å². The molecular formula is C14H11ClN4O3. The minimum absolute atomic E-state index is 0.0303. The van der Waals surface area contributed by atoms with E-state index >= 15 is 0 Å². The van der Waals surface area contributed by atoms with Gasteiger partial charge in [-0.1, -0.05) is 11.6 Å². The van der Waals surface area contributed by atoms with Gasteiger partial charge in [0.2, 0.25) is 0 Å². The molecule has 2 aromatic heterocycles. The fourth-order valence-electron chi connectivity index (χ4n) is 1.53. The van der Waals surface area contributed by atoms with Gasteiger partial charge in [-0.05, 0) is 19.9 Å². The van der Waals surface area contributed by atoms with Gasteiger partial charge >= 0.3 is 0 Å². The smallest absolute Gasteiger partial charge is 0.269 e. The molecule has 0 aliphatic heterocycles. The Bertz CT molecular complexity index is 825. The Kier molecular flexibility index (Phi) is 5.50. The van der Waals surface area contributed by atoms with E-state index in [1.807, 2.05) is 0 Å². The van der Waals surface area contributed by atoms with E-state index in [4.69, 9.17) is 27.2 Å². The number of nitrogens with zero attached hydrogens (tertiary/aromatic N) is 2. The molecule has 0 fully saturated rings. The maximum atomic E-state index is 10.9. The summed E-state index contributed by atoms with van der Waals surface area (Å²) in [4.78, 5) is 26.6. The van der Waals surface area contributed by atoms with E-state index in [1.165, 1.54) is 6.07 Å². The van der Waals surface area contributed by atoms with Gasteiger partial charge in [0.1, 0.15) is 23.5 Å². The first-order chi connectivity index (χ1) is 10.3. The molecule has 0 aliphatic rings. The van der Waals surface area contributed by atoms with Crippen molar-refractivity contribution >= 4 is 11.6 Å². The molecule has 0 aliphatic carbocycles. The summed E-state index contributed by atoms with van der Waals surface area (Å²) < 4.78 is 0. The molecule has 22 heavy (non-hydrogen) atoms. The topological polar surface area (TPSA) is 134 Å². The normalized spacial score (nSPS) is 9.14. The number of halogens is 1. The first-order valence-electron chi connectivity index (χ1n) is 5.92. The van der Waals surface area contributed by atoms with Crippen molar-refractivity contribution in [1.29, 1.82) is 10.5 Å². The Morgan fingerprint density at radius 3 is 1.86 bits per heavy atom. The summed E-state index contributed by atoms with van der Waals surface area (Å²) >= 11 is 5.59. The van der Waals surface area contributed by atoms with Crippen molar-refractivity contribution in [2.75, 3.05) is 0 Å². The Morgan fingerprint density at radius 1 is 1.00 bits per heavy atom. The van der Waals surface area contributed by atoms with E-state index in [1.54, 1.807) is 32.1 Å². The lowest BCUT2D eigenvalue weighted by Crippen LogP contribution is -2.11. The molecule has 0 aromatic carbocycles. The zero-order valence-corrected chi connectivity index (χ0v) is 12.4. The molecule has 0 spiro atoms. The van der Waals surface area contributed by atoms with Crippen LogP contribution in [0.5, 0.6) is 5.75 Å². The van der Waals surface area contributed by atoms with Gasteiger partial charge in [-0.15, -0.1) is 0 Å². The number of pyridine rings is 2. The predicted molar refractivity (Wildman–Crippen MR) is 79.7 cm³/mol. The number of aryl methyl sites for hydroxylation is 2. The number of aromatic hydroxyl groups is 1. The number of aromatic amines is 2. The van der Waals surface area contributed by atoms with Gasteiger partial charge in [0.25, 0.3) is 11.1 Å². The second kappa shape index (κ2) is 7.11. The molecule has 7 nitrogen and oxygen atoms in total. The van der Waals surface area contributed by atoms with Gasteiger partial charge in [-0.2, -0.15) is 10.5 Å². The Hall–Kier alpha value is -3.03. The van der Waals surface area contributed by atoms with Crippen molar-refractivity contribution in [3.63, 3.8) is 0 Å². The second-order valence-electron chi connectivity index (χ2n) is 4.27. The average Bonchev–Trinajstić information content (AvgIpc) is 2.38. The van der Waals surface area contributed by atoms with Crippen molar-refractivity contribution in [2.24, 2.45) is 0 Å². The highest BCUT2D eigenvalue weighted by Crippen LogP contribution is 2.11. The minimum Gasteiger partial charge on any atom is -0.506 e. The summed E-state index contributed by atoms with van der Waals surface area (Å²) in [5, 5.41) is 26.0. The molecule has 2 heterocycles. The molecule has 0 atom stereocenters. The highest BCUT2D eigenvalue weighted by atomic mass is 35.5. The fourth-order valence-corrected chi connectivity index (χ4v) is 1.82. The molecule has 0 saturated heterocycles. The van der Waals surface area contributed by atoms with Gasteiger partial charge in [0.15, 0.2) is 5.56 Å². The van der Waals surface area contributed by atoms with Crippen molar-refractivity contribution < 1.29 is 5.11 Å². The number of H-pyrrole nitrogens is 2. The molecule has 0 saturated carbocycles. The summed E-state index contributed by atoms with van der Waals surface area (Å²) in [5.41, 5.74) is -0.0686. The van der Waals surface area contributed by atoms with Gasteiger partial charge in [-0.25, -0.2) is 0 Å². The number of rotatable bonds is 0. The lowest BCUT2D eigenvalue weighted by atomic mass is 10.2. The zero-order chi connectivity index (χ0) is 16.9. The minimum atomic E-state index is -0.551. The monoisotopic (exact) mass is 318 g/mol. The predicted octanol–water partition coefficient (Wildman–Crippen LogP) is 1.47. The molecule has 0 radical (unpaired) electrons. The van der Waals surface area contributed by atoms with Crippen molar-refractivity contribution in [1.82, 2.24) is 9.97 Å². The van der Waals surface area contributed by atoms with Crippen LogP contribution in [0.15, 0.2) is 21.7 Å². The van der Waals surface area contributed by atoms with Crippen LogP contribution in [0.1, 0.15) is 22.5 Å². The lowest BCUT2D eigenvalue weighted by molar-refractivity contribution is 0.471. The van der Waals surface area contributed by atoms with Crippen molar-refractivity contribution in [2.45, 2.75) is 13.8 Å². The fraction of sp³-hybridized carbons (Fsp3) is 0.143. The Morgan fingerprint density at radius 2 is 1.45 bits per heavy atom. The lowest BCUT2D eigenvalue weighted by Gasteiger charge is -1.95. The van der Waals surface area contributed by atoms with Crippen molar-refractivity contribution in [3.8, 4) is 17.9 Å². The summed E-state index contributed by atoms with van der Waals surface area (Å²) in [6.45, 7) is 3.33. The highest BCUT2D eigenvalue weighted by Gasteiger charge is 2.05. The van der Waals surface area contributed by atoms with Crippen LogP contribution in [-0.4, -0.2) is 15.1 Å². The Balaban J connectivity index is 0.000000220. The maximum absolute atomic E-state index is 10.9. The summed E-state index contributed by atoms with van der Waals surface area (Å²) in [6.07, 6.45) is 0. The molecule has 2 aromatic rings. The van der Waals surface area contributed by atoms with E-state index in [0.717, 1.165) is 0 Å². The summed E-state index contributed by atoms with van der Waals surface area (Å²) in [7, 11) is 0. The number of nitrogens with one attached hydrogen (secondary N) is 2. The summed E-state index contributed by atoms with van der Waals surface area (Å²) in [5.74, 6) is -0.270. The standard InChI is InChI=1S/C7H5ClN2O.C7H6N2O2/c1-4-2-6(8)5(3-9)7(11)10-4;1-4-2-6(10)5(3-8)7(11)9-4/h2H,1H3,(H,10,11);2H,1H3,(H2,9,10,11). The number of nitriles is 2. The highest BCUT2D eigenvalue weighted by molar-refractivity contribution is 6.31. The molecule has 0 unspecified atom stereocenters. The van der Waals surface area contributed by atoms with Gasteiger partial charge < -0.3 is 15.1 Å². The van der Waals surface area contributed by atoms with E-state index in [-0.39, 0.29) is 21.9 Å². The van der Waals surface area contributed by atoms with Crippen LogP contribution >= 0.6 is 11.6 Å². The third-order valence-electron chi connectivity index (χ3n) is 2.49. The quantitative estimate of drug-likeness (QED) is 0.676. The third-order valence-corrected chi connectivity index (χ3v) is 2.79. The van der Waals surface area contributed by atoms with Crippen LogP contribution in [0.25, 0.3) is 0 Å². The largest absolute Gasteiger partial charge is 0.506 e. The van der Waals surface area contributed by atoms with Crippen LogP contribution in [0.3, 0.4) is 0 Å². The molecule has 3 N–H and O–H groups in total. The van der Waals surface area contributed by atoms with Gasteiger partial charge in [-0.3, -0.25) is 9.59 Å². The molecule has 0 amide bonds. The number of hydrogen-bond donors (Lipinski definition) is 3. The Labute approximate surface area is 130 Å². The third kappa shape index (κ3) is 3.98. The molecule has 112 valence electrons. The van der Waals surface area contributed by atoms with E-state index in [2.05, 4.69) is 9.97 Å². The maximum Gasteiger partial charge on any atom is 0.269 e. The molecule has 8 heteroatoms. The van der Waals surface area contributed by atoms with Gasteiger partial charge in [0, 0.05) is 17.5 Å². The number of aromatic nitrogens is 2. The molecule has 2 rings (SSSR count). The SMILES string of the molecule is Cc1cc(Cl)c(C#N)c(=O)[nH]1.Cc1cc(O)c(C#N)c(=O)[nH]1. The van der Waals surface area contributed by atoms with Crippen LogP contribution in [0, 0.1) is 36.5 Å². The first kappa shape index (κ1) is 17.0. The van der Waals surface area contributed by atoms with Crippen LogP contribution in [0.4, 0.5) is 0 Å². The zero-order valence-electron chi connectivity index (χ0n) is 11.7. The van der Waals surface area contributed by atoms with E-state index < -0.39 is 11.1 Å². The van der Waals surface area contributed by atoms with E-state index in [9.17, 15) is 9.59 Å². The van der Waals surface area contributed by atoms with E-state index in [0.29, 0.717) is 11.4 Å². The van der Waals surface area contributed by atoms with Gasteiger partial charge in [0.05, 0.1) is 5.02 Å². The second-order valence-corrected chi connectivity index (χ2v) is 4.68. The summed E-state index contributed by atoms with van der Waals surface area (Å²) in [6, 6.07) is 6.19. The van der Waals surface area contributed by atoms with Crippen molar-refractivity contribution in [3.05, 3.63) is 60.4 Å².